The number of hydrogen-bond acceptors (Lipinski definition) is 5. The van der Waals surface area contributed by atoms with Gasteiger partial charge in [-0.15, -0.1) is 11.3 Å². The number of rotatable bonds is 6. The summed E-state index contributed by atoms with van der Waals surface area (Å²) in [6, 6.07) is 2.08. The third-order valence-corrected chi connectivity index (χ3v) is 4.27. The Balaban J connectivity index is 2.07. The molecule has 0 aliphatic heterocycles. The van der Waals surface area contributed by atoms with E-state index in [2.05, 4.69) is 47.3 Å². The summed E-state index contributed by atoms with van der Waals surface area (Å²) in [6.45, 7) is 4.03. The van der Waals surface area contributed by atoms with Crippen molar-refractivity contribution in [3.05, 3.63) is 16.1 Å². The van der Waals surface area contributed by atoms with Gasteiger partial charge in [-0.3, -0.25) is 0 Å². The molecule has 0 saturated carbocycles. The monoisotopic (exact) mass is 298 g/mol. The molecular weight excluding hydrogens is 280 g/mol. The zero-order chi connectivity index (χ0) is 13.8. The van der Waals surface area contributed by atoms with Gasteiger partial charge >= 0.3 is 0 Å². The van der Waals surface area contributed by atoms with Crippen molar-refractivity contribution in [2.24, 2.45) is 0 Å². The predicted molar refractivity (Wildman–Crippen MR) is 83.5 cm³/mol. The van der Waals surface area contributed by atoms with Crippen molar-refractivity contribution in [2.75, 3.05) is 32.5 Å². The van der Waals surface area contributed by atoms with Crippen LogP contribution >= 0.6 is 22.9 Å². The molecule has 0 bridgehead atoms. The summed E-state index contributed by atoms with van der Waals surface area (Å²) < 4.78 is 0. The average molecular weight is 299 g/mol. The molecule has 0 saturated heterocycles. The highest BCUT2D eigenvalue weighted by atomic mass is 35.5. The van der Waals surface area contributed by atoms with Gasteiger partial charge in [-0.2, -0.15) is 0 Å². The van der Waals surface area contributed by atoms with Crippen molar-refractivity contribution in [1.29, 1.82) is 0 Å². The molecule has 0 aliphatic rings. The summed E-state index contributed by atoms with van der Waals surface area (Å²) >= 11 is 7.89. The van der Waals surface area contributed by atoms with Crippen molar-refractivity contribution in [2.45, 2.75) is 19.8 Å². The van der Waals surface area contributed by atoms with E-state index in [4.69, 9.17) is 11.6 Å². The number of nitrogens with zero attached hydrogens (tertiary/aromatic N) is 3. The SMILES string of the molecule is CCc1cc2c(Cl)nc(NCCCN(C)C)nc2s1. The van der Waals surface area contributed by atoms with Crippen molar-refractivity contribution in [3.63, 3.8) is 0 Å². The lowest BCUT2D eigenvalue weighted by atomic mass is 10.3. The molecule has 0 radical (unpaired) electrons. The highest BCUT2D eigenvalue weighted by molar-refractivity contribution is 7.18. The molecule has 6 heteroatoms. The van der Waals surface area contributed by atoms with Gasteiger partial charge in [0.1, 0.15) is 9.98 Å². The minimum absolute atomic E-state index is 0.538. The number of hydrogen-bond donors (Lipinski definition) is 1. The molecule has 19 heavy (non-hydrogen) atoms. The first-order valence-corrected chi connectivity index (χ1v) is 7.64. The first-order chi connectivity index (χ1) is 9.10. The fourth-order valence-corrected chi connectivity index (χ4v) is 3.03. The van der Waals surface area contributed by atoms with Crippen LogP contribution in [0.4, 0.5) is 5.95 Å². The molecule has 0 amide bonds. The van der Waals surface area contributed by atoms with Gasteiger partial charge in [-0.1, -0.05) is 18.5 Å². The van der Waals surface area contributed by atoms with Crippen LogP contribution in [0, 0.1) is 0 Å². The summed E-state index contributed by atoms with van der Waals surface area (Å²) in [5.74, 6) is 0.626. The van der Waals surface area contributed by atoms with Gasteiger partial charge in [0, 0.05) is 16.8 Å². The second-order valence-electron chi connectivity index (χ2n) is 4.71. The molecule has 2 heterocycles. The van der Waals surface area contributed by atoms with Crippen molar-refractivity contribution in [1.82, 2.24) is 14.9 Å². The van der Waals surface area contributed by atoms with E-state index in [9.17, 15) is 0 Å². The highest BCUT2D eigenvalue weighted by Crippen LogP contribution is 2.29. The number of thiophene rings is 1. The Morgan fingerprint density at radius 2 is 2.16 bits per heavy atom. The molecule has 2 aromatic rings. The summed E-state index contributed by atoms with van der Waals surface area (Å²) in [4.78, 5) is 13.2. The Labute approximate surface area is 122 Å². The summed E-state index contributed by atoms with van der Waals surface area (Å²) in [5.41, 5.74) is 0. The van der Waals surface area contributed by atoms with Crippen LogP contribution in [0.5, 0.6) is 0 Å². The lowest BCUT2D eigenvalue weighted by Crippen LogP contribution is -2.17. The van der Waals surface area contributed by atoms with Crippen LogP contribution in [0.25, 0.3) is 10.2 Å². The van der Waals surface area contributed by atoms with E-state index in [0.717, 1.165) is 36.1 Å². The fourth-order valence-electron chi connectivity index (χ4n) is 1.79. The summed E-state index contributed by atoms with van der Waals surface area (Å²) in [5, 5.41) is 4.73. The lowest BCUT2D eigenvalue weighted by Gasteiger charge is -2.09. The Bertz CT molecular complexity index is 553. The topological polar surface area (TPSA) is 41.1 Å². The van der Waals surface area contributed by atoms with E-state index in [0.29, 0.717) is 11.1 Å². The van der Waals surface area contributed by atoms with Crippen LogP contribution in [-0.2, 0) is 6.42 Å². The minimum atomic E-state index is 0.538. The summed E-state index contributed by atoms with van der Waals surface area (Å²) in [6.07, 6.45) is 2.06. The van der Waals surface area contributed by atoms with Crippen LogP contribution < -0.4 is 5.32 Å². The van der Waals surface area contributed by atoms with Gasteiger partial charge in [0.25, 0.3) is 0 Å². The van der Waals surface area contributed by atoms with Gasteiger partial charge in [0.15, 0.2) is 0 Å². The number of aromatic nitrogens is 2. The van der Waals surface area contributed by atoms with E-state index in [1.807, 2.05) is 0 Å². The van der Waals surface area contributed by atoms with E-state index >= 15 is 0 Å². The predicted octanol–water partition coefficient (Wildman–Crippen LogP) is 3.27. The molecule has 0 atom stereocenters. The van der Waals surface area contributed by atoms with E-state index in [-0.39, 0.29) is 0 Å². The number of nitrogens with one attached hydrogen (secondary N) is 1. The molecule has 2 rings (SSSR count). The summed E-state index contributed by atoms with van der Waals surface area (Å²) in [7, 11) is 4.13. The molecule has 2 aromatic heterocycles. The third-order valence-electron chi connectivity index (χ3n) is 2.81. The largest absolute Gasteiger partial charge is 0.354 e. The molecule has 104 valence electrons. The highest BCUT2D eigenvalue weighted by Gasteiger charge is 2.09. The van der Waals surface area contributed by atoms with Crippen LogP contribution in [-0.4, -0.2) is 42.1 Å². The lowest BCUT2D eigenvalue weighted by molar-refractivity contribution is 0.405. The number of aryl methyl sites for hydroxylation is 1. The molecule has 0 unspecified atom stereocenters. The van der Waals surface area contributed by atoms with Gasteiger partial charge in [0.05, 0.1) is 0 Å². The number of anilines is 1. The number of halogens is 1. The maximum Gasteiger partial charge on any atom is 0.225 e. The Hall–Kier alpha value is -0.910. The molecule has 0 fully saturated rings. The number of fused-ring (bicyclic) bond motifs is 1. The van der Waals surface area contributed by atoms with Crippen LogP contribution in [0.3, 0.4) is 0 Å². The quantitative estimate of drug-likeness (QED) is 0.656. The normalized spacial score (nSPS) is 11.4. The van der Waals surface area contributed by atoms with E-state index in [1.54, 1.807) is 11.3 Å². The second-order valence-corrected chi connectivity index (χ2v) is 6.18. The maximum atomic E-state index is 6.20. The molecular formula is C13H19ClN4S. The molecule has 4 nitrogen and oxygen atoms in total. The van der Waals surface area contributed by atoms with Crippen molar-refractivity contribution in [3.8, 4) is 0 Å². The van der Waals surface area contributed by atoms with Gasteiger partial charge in [-0.05, 0) is 39.5 Å². The zero-order valence-electron chi connectivity index (χ0n) is 11.5. The van der Waals surface area contributed by atoms with Crippen LogP contribution in [0.2, 0.25) is 5.15 Å². The smallest absolute Gasteiger partial charge is 0.225 e. The molecule has 1 N–H and O–H groups in total. The van der Waals surface area contributed by atoms with E-state index < -0.39 is 0 Å². The van der Waals surface area contributed by atoms with E-state index in [1.165, 1.54) is 4.88 Å². The Kier molecular flexibility index (Phi) is 4.96. The van der Waals surface area contributed by atoms with Gasteiger partial charge < -0.3 is 10.2 Å². The van der Waals surface area contributed by atoms with Crippen molar-refractivity contribution >= 4 is 39.1 Å². The second kappa shape index (κ2) is 6.50. The van der Waals surface area contributed by atoms with Crippen LogP contribution in [0.15, 0.2) is 6.07 Å². The molecule has 0 aliphatic carbocycles. The molecule has 0 aromatic carbocycles. The van der Waals surface area contributed by atoms with Crippen molar-refractivity contribution < 1.29 is 0 Å². The molecule has 0 spiro atoms. The first-order valence-electron chi connectivity index (χ1n) is 6.44. The maximum absolute atomic E-state index is 6.20. The van der Waals surface area contributed by atoms with Crippen LogP contribution in [0.1, 0.15) is 18.2 Å². The van der Waals surface area contributed by atoms with Gasteiger partial charge in [0.2, 0.25) is 5.95 Å². The third kappa shape index (κ3) is 3.78. The Morgan fingerprint density at radius 1 is 1.37 bits per heavy atom. The Morgan fingerprint density at radius 3 is 2.84 bits per heavy atom. The standard InChI is InChI=1S/C13H19ClN4S/c1-4-9-8-10-11(14)16-13(17-12(10)19-9)15-6-5-7-18(2)3/h8H,4-7H2,1-3H3,(H,15,16,17). The van der Waals surface area contributed by atoms with Gasteiger partial charge in [-0.25, -0.2) is 9.97 Å². The first kappa shape index (κ1) is 14.5. The average Bonchev–Trinajstić information content (AvgIpc) is 2.78. The fraction of sp³-hybridized carbons (Fsp3) is 0.538. The zero-order valence-corrected chi connectivity index (χ0v) is 13.1. The minimum Gasteiger partial charge on any atom is -0.354 e.